The number of ether oxygens (including phenoxy) is 1. The lowest BCUT2D eigenvalue weighted by Gasteiger charge is -2.08. The third kappa shape index (κ3) is 3.80. The van der Waals surface area contributed by atoms with Crippen molar-refractivity contribution in [2.75, 3.05) is 12.0 Å². The van der Waals surface area contributed by atoms with E-state index < -0.39 is 12.6 Å². The molecule has 2 aromatic heterocycles. The molecule has 0 radical (unpaired) electrons. The molecule has 0 bridgehead atoms. The highest BCUT2D eigenvalue weighted by Crippen LogP contribution is 2.32. The van der Waals surface area contributed by atoms with Crippen molar-refractivity contribution >= 4 is 39.1 Å². The molecule has 26 heavy (non-hydrogen) atoms. The monoisotopic (exact) mass is 369 g/mol. The summed E-state index contributed by atoms with van der Waals surface area (Å²) < 4.78 is 5.06. The molecule has 8 heteroatoms. The number of benzene rings is 1. The smallest absolute Gasteiger partial charge is 0.158 e. The Morgan fingerprint density at radius 2 is 2.00 bits per heavy atom. The maximum atomic E-state index is 10.4. The molecule has 3 rings (SSSR count). The molecule has 1 N–H and O–H groups in total. The van der Waals surface area contributed by atoms with Crippen LogP contribution in [0, 0.1) is 13.8 Å². The van der Waals surface area contributed by atoms with E-state index in [0.29, 0.717) is 11.6 Å². The summed E-state index contributed by atoms with van der Waals surface area (Å²) in [7, 11) is 0. The van der Waals surface area contributed by atoms with Gasteiger partial charge >= 0.3 is 0 Å². The molecule has 0 saturated heterocycles. The average Bonchev–Trinajstić information content (AvgIpc) is 2.93. The number of rotatable bonds is 6. The Kier molecular flexibility index (Phi) is 5.13. The summed E-state index contributed by atoms with van der Waals surface area (Å²) in [6.07, 6.45) is 1.52. The van der Waals surface area contributed by atoms with E-state index in [0.717, 1.165) is 27.1 Å². The van der Waals surface area contributed by atoms with E-state index in [1.54, 1.807) is 35.6 Å². The predicted molar refractivity (Wildman–Crippen MR) is 99.7 cm³/mol. The number of fused-ring (bicyclic) bond motifs is 1. The minimum atomic E-state index is -1.26. The van der Waals surface area contributed by atoms with Gasteiger partial charge in [-0.2, -0.15) is 5.10 Å². The zero-order chi connectivity index (χ0) is 18.7. The van der Waals surface area contributed by atoms with Gasteiger partial charge in [0.05, 0.1) is 17.1 Å². The summed E-state index contributed by atoms with van der Waals surface area (Å²) in [4.78, 5) is 21.2. The second-order valence-corrected chi connectivity index (χ2v) is 6.88. The van der Waals surface area contributed by atoms with Gasteiger partial charge in [-0.3, -0.25) is 5.43 Å². The number of aliphatic carboxylic acids is 1. The minimum absolute atomic E-state index is 0.459. The van der Waals surface area contributed by atoms with Crippen molar-refractivity contribution in [1.29, 1.82) is 0 Å². The highest BCUT2D eigenvalue weighted by molar-refractivity contribution is 7.18. The topological polar surface area (TPSA) is 99.5 Å². The summed E-state index contributed by atoms with van der Waals surface area (Å²) in [5.41, 5.74) is 5.80. The first-order chi connectivity index (χ1) is 12.5. The van der Waals surface area contributed by atoms with Crippen LogP contribution in [0.15, 0.2) is 35.7 Å². The first-order valence-corrected chi connectivity index (χ1v) is 8.71. The van der Waals surface area contributed by atoms with Crippen LogP contribution in [0.2, 0.25) is 0 Å². The number of carbonyl (C=O) groups excluding carboxylic acids is 1. The van der Waals surface area contributed by atoms with Crippen molar-refractivity contribution < 1.29 is 14.6 Å². The van der Waals surface area contributed by atoms with Gasteiger partial charge in [-0.05, 0) is 56.2 Å². The van der Waals surface area contributed by atoms with Gasteiger partial charge in [-0.25, -0.2) is 9.97 Å². The quantitative estimate of drug-likeness (QED) is 0.528. The molecule has 134 valence electrons. The van der Waals surface area contributed by atoms with Crippen molar-refractivity contribution in [3.05, 3.63) is 46.6 Å². The number of hydrogen-bond donors (Lipinski definition) is 1. The van der Waals surface area contributed by atoms with Gasteiger partial charge < -0.3 is 14.6 Å². The highest BCUT2D eigenvalue weighted by Gasteiger charge is 2.11. The summed E-state index contributed by atoms with van der Waals surface area (Å²) in [6.45, 7) is 5.50. The molecule has 0 amide bonds. The summed E-state index contributed by atoms with van der Waals surface area (Å²) in [5, 5.41) is 15.8. The van der Waals surface area contributed by atoms with Gasteiger partial charge in [0.15, 0.2) is 5.82 Å². The molecule has 0 aliphatic carbocycles. The zero-order valence-electron chi connectivity index (χ0n) is 14.6. The molecule has 0 fully saturated rings. The lowest BCUT2D eigenvalue weighted by Crippen LogP contribution is -2.28. The Balaban J connectivity index is 1.77. The number of carboxylic acids is 1. The molecule has 0 aliphatic rings. The SMILES string of the molecule is C/C(=N/Nc1ncnc2sc(C)c(C)c12)c1ccc(OCC(=O)[O-])cc1. The largest absolute Gasteiger partial charge is 0.546 e. The molecule has 0 spiro atoms. The van der Waals surface area contributed by atoms with Crippen LogP contribution in [0.4, 0.5) is 5.82 Å². The van der Waals surface area contributed by atoms with E-state index >= 15 is 0 Å². The number of nitrogens with zero attached hydrogens (tertiary/aromatic N) is 3. The van der Waals surface area contributed by atoms with Crippen LogP contribution in [0.1, 0.15) is 22.9 Å². The summed E-state index contributed by atoms with van der Waals surface area (Å²) >= 11 is 1.63. The van der Waals surface area contributed by atoms with Gasteiger partial charge in [-0.15, -0.1) is 11.3 Å². The van der Waals surface area contributed by atoms with Gasteiger partial charge in [0, 0.05) is 4.88 Å². The zero-order valence-corrected chi connectivity index (χ0v) is 15.4. The molecule has 3 aromatic rings. The summed E-state index contributed by atoms with van der Waals surface area (Å²) in [5.74, 6) is -0.128. The van der Waals surface area contributed by atoms with E-state index in [-0.39, 0.29) is 0 Å². The number of thiophene rings is 1. The molecule has 2 heterocycles. The number of hydrogen-bond acceptors (Lipinski definition) is 8. The number of carbonyl (C=O) groups is 1. The Labute approximate surface area is 154 Å². The van der Waals surface area contributed by atoms with Crippen molar-refractivity contribution in [2.45, 2.75) is 20.8 Å². The van der Waals surface area contributed by atoms with E-state index in [2.05, 4.69) is 27.4 Å². The second kappa shape index (κ2) is 7.49. The number of nitrogens with one attached hydrogen (secondary N) is 1. The van der Waals surface area contributed by atoms with E-state index in [1.807, 2.05) is 13.8 Å². The van der Waals surface area contributed by atoms with Crippen LogP contribution < -0.4 is 15.3 Å². The molecule has 0 aliphatic heterocycles. The van der Waals surface area contributed by atoms with E-state index in [1.165, 1.54) is 11.2 Å². The third-order valence-corrected chi connectivity index (χ3v) is 5.04. The maximum Gasteiger partial charge on any atom is 0.158 e. The molecule has 0 saturated carbocycles. The van der Waals surface area contributed by atoms with Crippen LogP contribution in [-0.2, 0) is 4.79 Å². The van der Waals surface area contributed by atoms with Crippen LogP contribution in [0.5, 0.6) is 5.75 Å². The van der Waals surface area contributed by atoms with Crippen LogP contribution in [0.25, 0.3) is 10.2 Å². The van der Waals surface area contributed by atoms with Gasteiger partial charge in [0.25, 0.3) is 0 Å². The normalized spacial score (nSPS) is 11.6. The fourth-order valence-electron chi connectivity index (χ4n) is 2.40. The molecular weight excluding hydrogens is 352 g/mol. The van der Waals surface area contributed by atoms with E-state index in [4.69, 9.17) is 4.74 Å². The van der Waals surface area contributed by atoms with Crippen molar-refractivity contribution in [1.82, 2.24) is 9.97 Å². The Bertz CT molecular complexity index is 980. The minimum Gasteiger partial charge on any atom is -0.546 e. The van der Waals surface area contributed by atoms with Crippen molar-refractivity contribution in [3.8, 4) is 5.75 Å². The fraction of sp³-hybridized carbons (Fsp3) is 0.222. The first-order valence-electron chi connectivity index (χ1n) is 7.90. The summed E-state index contributed by atoms with van der Waals surface area (Å²) in [6, 6.07) is 6.99. The van der Waals surface area contributed by atoms with E-state index in [9.17, 15) is 9.90 Å². The van der Waals surface area contributed by atoms with Gasteiger partial charge in [0.1, 0.15) is 23.5 Å². The fourth-order valence-corrected chi connectivity index (χ4v) is 3.40. The lowest BCUT2D eigenvalue weighted by molar-refractivity contribution is -0.307. The van der Waals surface area contributed by atoms with Gasteiger partial charge in [-0.1, -0.05) is 0 Å². The molecule has 0 atom stereocenters. The van der Waals surface area contributed by atoms with Crippen molar-refractivity contribution in [2.24, 2.45) is 5.10 Å². The highest BCUT2D eigenvalue weighted by atomic mass is 32.1. The number of aryl methyl sites for hydroxylation is 2. The number of aromatic nitrogens is 2. The number of hydrazone groups is 1. The van der Waals surface area contributed by atoms with Crippen LogP contribution >= 0.6 is 11.3 Å². The standard InChI is InChI=1S/C18H18N4O3S/c1-10-12(3)26-18-16(10)17(19-9-20-18)22-21-11(2)13-4-6-14(7-5-13)25-8-15(23)24/h4-7,9H,8H2,1-3H3,(H,23,24)(H,19,20,22)/p-1/b21-11-. The second-order valence-electron chi connectivity index (χ2n) is 5.68. The predicted octanol–water partition coefficient (Wildman–Crippen LogP) is 2.27. The number of anilines is 1. The Hall–Kier alpha value is -3.00. The first kappa shape index (κ1) is 17.8. The molecule has 0 unspecified atom stereocenters. The molecule has 1 aromatic carbocycles. The van der Waals surface area contributed by atoms with Gasteiger partial charge in [0.2, 0.25) is 0 Å². The average molecular weight is 369 g/mol. The Morgan fingerprint density at radius 1 is 1.27 bits per heavy atom. The number of carboxylic acid groups (broad SMARTS) is 1. The Morgan fingerprint density at radius 3 is 2.69 bits per heavy atom. The molecule has 7 nitrogen and oxygen atoms in total. The van der Waals surface area contributed by atoms with Crippen LogP contribution in [-0.4, -0.2) is 28.3 Å². The maximum absolute atomic E-state index is 10.4. The third-order valence-electron chi connectivity index (χ3n) is 3.92. The van der Waals surface area contributed by atoms with Crippen LogP contribution in [0.3, 0.4) is 0 Å². The lowest BCUT2D eigenvalue weighted by atomic mass is 10.1. The molecular formula is C18H17N4O3S-. The van der Waals surface area contributed by atoms with Crippen molar-refractivity contribution in [3.63, 3.8) is 0 Å².